The van der Waals surface area contributed by atoms with Crippen molar-refractivity contribution in [3.8, 4) is 5.75 Å². The topological polar surface area (TPSA) is 35.2 Å². The van der Waals surface area contributed by atoms with E-state index in [0.29, 0.717) is 11.5 Å². The van der Waals surface area contributed by atoms with Crippen LogP contribution in [0.5, 0.6) is 5.75 Å². The van der Waals surface area contributed by atoms with Crippen molar-refractivity contribution in [1.29, 1.82) is 0 Å². The highest BCUT2D eigenvalue weighted by Gasteiger charge is 2.61. The van der Waals surface area contributed by atoms with Gasteiger partial charge in [0.15, 0.2) is 0 Å². The van der Waals surface area contributed by atoms with Crippen LogP contribution in [0, 0.1) is 5.41 Å². The van der Waals surface area contributed by atoms with Crippen LogP contribution < -0.4 is 10.5 Å². The highest BCUT2D eigenvalue weighted by Crippen LogP contribution is 2.63. The highest BCUT2D eigenvalue weighted by atomic mass is 16.5. The van der Waals surface area contributed by atoms with Crippen LogP contribution in [0.1, 0.15) is 38.3 Å². The second-order valence-corrected chi connectivity index (χ2v) is 6.30. The molecule has 17 heavy (non-hydrogen) atoms. The van der Waals surface area contributed by atoms with E-state index in [9.17, 15) is 0 Å². The summed E-state index contributed by atoms with van der Waals surface area (Å²) in [5.41, 5.74) is 9.32. The molecule has 2 atom stereocenters. The number of fused-ring (bicyclic) bond motifs is 1. The number of hydrogen-bond donors (Lipinski definition) is 1. The lowest BCUT2D eigenvalue weighted by atomic mass is 9.87. The molecule has 3 rings (SSSR count). The summed E-state index contributed by atoms with van der Waals surface area (Å²) in [6.07, 6.45) is 2.55. The molecule has 1 saturated carbocycles. The van der Waals surface area contributed by atoms with Crippen LogP contribution in [-0.4, -0.2) is 12.6 Å². The van der Waals surface area contributed by atoms with Crippen LogP contribution in [0.2, 0.25) is 0 Å². The van der Waals surface area contributed by atoms with E-state index in [1.165, 1.54) is 17.5 Å². The van der Waals surface area contributed by atoms with Gasteiger partial charge in [0.1, 0.15) is 11.9 Å². The third kappa shape index (κ3) is 1.43. The van der Waals surface area contributed by atoms with Crippen LogP contribution >= 0.6 is 0 Å². The summed E-state index contributed by atoms with van der Waals surface area (Å²) >= 11 is 0. The smallest absolute Gasteiger partial charge is 0.123 e. The van der Waals surface area contributed by atoms with Crippen molar-refractivity contribution in [2.45, 2.75) is 45.1 Å². The maximum absolute atomic E-state index is 6.02. The van der Waals surface area contributed by atoms with Crippen LogP contribution in [0.15, 0.2) is 18.2 Å². The molecule has 2 N–H and O–H groups in total. The SMILES string of the molecule is CC1Cc2cc(C3(CN)CC3(C)C)ccc2O1. The van der Waals surface area contributed by atoms with Gasteiger partial charge in [-0.2, -0.15) is 0 Å². The van der Waals surface area contributed by atoms with E-state index in [2.05, 4.69) is 39.0 Å². The predicted molar refractivity (Wildman–Crippen MR) is 69.4 cm³/mol. The van der Waals surface area contributed by atoms with E-state index in [4.69, 9.17) is 10.5 Å². The standard InChI is InChI=1S/C15H21NO/c1-10-6-11-7-12(4-5-13(11)17-10)15(9-16)8-14(15,2)3/h4-5,7,10H,6,8-9,16H2,1-3H3. The van der Waals surface area contributed by atoms with Crippen LogP contribution in [0.4, 0.5) is 0 Å². The fourth-order valence-electron chi connectivity index (χ4n) is 3.39. The minimum absolute atomic E-state index is 0.202. The van der Waals surface area contributed by atoms with Gasteiger partial charge in [-0.05, 0) is 36.0 Å². The van der Waals surface area contributed by atoms with E-state index in [0.717, 1.165) is 18.7 Å². The fourth-order valence-corrected chi connectivity index (χ4v) is 3.39. The molecule has 1 heterocycles. The molecular formula is C15H21NO. The summed E-state index contributed by atoms with van der Waals surface area (Å²) < 4.78 is 5.75. The van der Waals surface area contributed by atoms with Crippen molar-refractivity contribution < 1.29 is 4.74 Å². The molecule has 0 spiro atoms. The van der Waals surface area contributed by atoms with Gasteiger partial charge in [0.05, 0.1) is 0 Å². The van der Waals surface area contributed by atoms with E-state index in [-0.39, 0.29) is 5.41 Å². The Hall–Kier alpha value is -1.02. The summed E-state index contributed by atoms with van der Waals surface area (Å²) in [6.45, 7) is 7.49. The molecule has 0 radical (unpaired) electrons. The molecule has 2 heteroatoms. The highest BCUT2D eigenvalue weighted by molar-refractivity contribution is 5.47. The zero-order chi connectivity index (χ0) is 12.3. The normalized spacial score (nSPS) is 33.1. The number of ether oxygens (including phenoxy) is 1. The molecule has 0 amide bonds. The predicted octanol–water partition coefficient (Wildman–Crippen LogP) is 2.64. The van der Waals surface area contributed by atoms with Gasteiger partial charge in [-0.1, -0.05) is 26.0 Å². The zero-order valence-electron chi connectivity index (χ0n) is 10.9. The van der Waals surface area contributed by atoms with Crippen molar-refractivity contribution in [1.82, 2.24) is 0 Å². The fraction of sp³-hybridized carbons (Fsp3) is 0.600. The van der Waals surface area contributed by atoms with Gasteiger partial charge >= 0.3 is 0 Å². The van der Waals surface area contributed by atoms with Crippen molar-refractivity contribution in [3.63, 3.8) is 0 Å². The number of nitrogens with two attached hydrogens (primary N) is 1. The molecule has 2 nitrogen and oxygen atoms in total. The molecule has 1 aromatic rings. The summed E-state index contributed by atoms with van der Waals surface area (Å²) in [4.78, 5) is 0. The van der Waals surface area contributed by atoms with Gasteiger partial charge < -0.3 is 10.5 Å². The Kier molecular flexibility index (Phi) is 2.13. The van der Waals surface area contributed by atoms with Crippen molar-refractivity contribution in [3.05, 3.63) is 29.3 Å². The van der Waals surface area contributed by atoms with Gasteiger partial charge in [0, 0.05) is 18.4 Å². The number of hydrogen-bond acceptors (Lipinski definition) is 2. The Morgan fingerprint density at radius 3 is 2.71 bits per heavy atom. The van der Waals surface area contributed by atoms with Gasteiger partial charge in [0.2, 0.25) is 0 Å². The Morgan fingerprint density at radius 2 is 2.12 bits per heavy atom. The van der Waals surface area contributed by atoms with Crippen molar-refractivity contribution in [2.24, 2.45) is 11.1 Å². The first-order chi connectivity index (χ1) is 7.98. The molecule has 0 saturated heterocycles. The Bertz CT molecular complexity index is 466. The third-order valence-electron chi connectivity index (χ3n) is 4.71. The first-order valence-electron chi connectivity index (χ1n) is 6.49. The lowest BCUT2D eigenvalue weighted by Crippen LogP contribution is -2.25. The maximum Gasteiger partial charge on any atom is 0.123 e. The molecular weight excluding hydrogens is 210 g/mol. The molecule has 1 aliphatic heterocycles. The van der Waals surface area contributed by atoms with E-state index in [1.807, 2.05) is 0 Å². The molecule has 2 unspecified atom stereocenters. The molecule has 0 aromatic heterocycles. The summed E-state index contributed by atoms with van der Waals surface area (Å²) in [7, 11) is 0. The monoisotopic (exact) mass is 231 g/mol. The van der Waals surface area contributed by atoms with Crippen molar-refractivity contribution in [2.75, 3.05) is 6.54 Å². The summed E-state index contributed by atoms with van der Waals surface area (Å²) in [6, 6.07) is 6.65. The molecule has 0 bridgehead atoms. The Morgan fingerprint density at radius 1 is 1.41 bits per heavy atom. The molecule has 92 valence electrons. The summed E-state index contributed by atoms with van der Waals surface area (Å²) in [5.74, 6) is 1.06. The number of benzene rings is 1. The Labute approximate surface area is 103 Å². The van der Waals surface area contributed by atoms with Crippen molar-refractivity contribution >= 4 is 0 Å². The minimum Gasteiger partial charge on any atom is -0.490 e. The lowest BCUT2D eigenvalue weighted by molar-refractivity contribution is 0.254. The van der Waals surface area contributed by atoms with Crippen LogP contribution in [0.3, 0.4) is 0 Å². The number of rotatable bonds is 2. The average molecular weight is 231 g/mol. The third-order valence-corrected chi connectivity index (χ3v) is 4.71. The first kappa shape index (κ1) is 11.1. The first-order valence-corrected chi connectivity index (χ1v) is 6.49. The van der Waals surface area contributed by atoms with Gasteiger partial charge in [-0.15, -0.1) is 0 Å². The van der Waals surface area contributed by atoms with Gasteiger partial charge in [-0.25, -0.2) is 0 Å². The largest absolute Gasteiger partial charge is 0.490 e. The minimum atomic E-state index is 0.202. The van der Waals surface area contributed by atoms with Gasteiger partial charge in [-0.3, -0.25) is 0 Å². The second-order valence-electron chi connectivity index (χ2n) is 6.30. The maximum atomic E-state index is 6.02. The van der Waals surface area contributed by atoms with Crippen LogP contribution in [0.25, 0.3) is 0 Å². The zero-order valence-corrected chi connectivity index (χ0v) is 10.9. The van der Waals surface area contributed by atoms with Crippen LogP contribution in [-0.2, 0) is 11.8 Å². The van der Waals surface area contributed by atoms with E-state index < -0.39 is 0 Å². The molecule has 2 aliphatic rings. The Balaban J connectivity index is 1.99. The van der Waals surface area contributed by atoms with E-state index >= 15 is 0 Å². The lowest BCUT2D eigenvalue weighted by Gasteiger charge is -2.19. The second kappa shape index (κ2) is 3.26. The van der Waals surface area contributed by atoms with E-state index in [1.54, 1.807) is 0 Å². The van der Waals surface area contributed by atoms with Gasteiger partial charge in [0.25, 0.3) is 0 Å². The average Bonchev–Trinajstić information content (AvgIpc) is 2.65. The molecule has 1 aliphatic carbocycles. The molecule has 1 aromatic carbocycles. The molecule has 1 fully saturated rings. The quantitative estimate of drug-likeness (QED) is 0.849. The summed E-state index contributed by atoms with van der Waals surface area (Å²) in [5, 5.41) is 0.